The quantitative estimate of drug-likeness (QED) is 0.660. The molecule has 1 unspecified atom stereocenters. The molecule has 1 N–H and O–H groups in total. The predicted molar refractivity (Wildman–Crippen MR) is 104 cm³/mol. The molecule has 0 saturated carbocycles. The standard InChI is InChI=1S/C10H19NO3.C8H17NO2S/c1-5-14-10(13)9(6-7(2)3)11-8(4)12;1-8(2)7-9-3-5-12(10,11)6-4-9/h7,9H,5-6H2,1-4H3,(H,11,12);8H,3-7H2,1-2H3. The van der Waals surface area contributed by atoms with Gasteiger partial charge in [0.05, 0.1) is 18.1 Å². The van der Waals surface area contributed by atoms with E-state index < -0.39 is 15.9 Å². The van der Waals surface area contributed by atoms with Crippen molar-refractivity contribution in [3.8, 4) is 0 Å². The van der Waals surface area contributed by atoms with Gasteiger partial charge in [0.15, 0.2) is 9.84 Å². The number of hydrogen-bond acceptors (Lipinski definition) is 6. The molecule has 0 aromatic heterocycles. The molecule has 8 heteroatoms. The molecule has 7 nitrogen and oxygen atoms in total. The van der Waals surface area contributed by atoms with Crippen LogP contribution in [0.1, 0.15) is 48.0 Å². The Labute approximate surface area is 158 Å². The molecule has 1 aliphatic rings. The van der Waals surface area contributed by atoms with Gasteiger partial charge >= 0.3 is 5.97 Å². The Kier molecular flexibility index (Phi) is 11.7. The van der Waals surface area contributed by atoms with Gasteiger partial charge in [0, 0.05) is 26.6 Å². The lowest BCUT2D eigenvalue weighted by Gasteiger charge is -2.27. The number of carbonyl (C=O) groups excluding carboxylic acids is 2. The molecular formula is C18H36N2O5S. The van der Waals surface area contributed by atoms with E-state index in [0.717, 1.165) is 19.6 Å². The zero-order valence-electron chi connectivity index (χ0n) is 17.1. The summed E-state index contributed by atoms with van der Waals surface area (Å²) in [6, 6.07) is -0.507. The maximum absolute atomic E-state index is 11.4. The number of nitrogens with one attached hydrogen (secondary N) is 1. The van der Waals surface area contributed by atoms with Crippen LogP contribution in [-0.2, 0) is 24.2 Å². The minimum Gasteiger partial charge on any atom is -0.464 e. The Bertz CT molecular complexity index is 518. The van der Waals surface area contributed by atoms with Crippen LogP contribution >= 0.6 is 0 Å². The third-order valence-corrected chi connectivity index (χ3v) is 5.33. The lowest BCUT2D eigenvalue weighted by molar-refractivity contribution is -0.147. The molecule has 1 saturated heterocycles. The number of ether oxygens (including phenoxy) is 1. The lowest BCUT2D eigenvalue weighted by atomic mass is 10.0. The number of carbonyl (C=O) groups is 2. The third kappa shape index (κ3) is 12.2. The molecule has 0 bridgehead atoms. The largest absolute Gasteiger partial charge is 0.464 e. The van der Waals surface area contributed by atoms with E-state index in [0.29, 0.717) is 36.4 Å². The van der Waals surface area contributed by atoms with Gasteiger partial charge in [0.1, 0.15) is 6.04 Å². The summed E-state index contributed by atoms with van der Waals surface area (Å²) in [4.78, 5) is 24.4. The SMILES string of the molecule is CC(C)CN1CCS(=O)(=O)CC1.CCOC(=O)C(CC(C)C)NC(C)=O. The van der Waals surface area contributed by atoms with Crippen molar-refractivity contribution in [2.45, 2.75) is 54.0 Å². The second kappa shape index (κ2) is 12.3. The van der Waals surface area contributed by atoms with E-state index in [1.54, 1.807) is 6.92 Å². The smallest absolute Gasteiger partial charge is 0.328 e. The first-order chi connectivity index (χ1) is 12.0. The van der Waals surface area contributed by atoms with Crippen molar-refractivity contribution in [1.82, 2.24) is 10.2 Å². The zero-order valence-corrected chi connectivity index (χ0v) is 17.9. The summed E-state index contributed by atoms with van der Waals surface area (Å²) >= 11 is 0. The molecule has 0 radical (unpaired) electrons. The summed E-state index contributed by atoms with van der Waals surface area (Å²) < 4.78 is 27.0. The molecule has 26 heavy (non-hydrogen) atoms. The molecule has 154 valence electrons. The summed E-state index contributed by atoms with van der Waals surface area (Å²) in [5, 5.41) is 2.58. The van der Waals surface area contributed by atoms with Gasteiger partial charge in [-0.15, -0.1) is 0 Å². The number of hydrogen-bond donors (Lipinski definition) is 1. The highest BCUT2D eigenvalue weighted by Gasteiger charge is 2.22. The van der Waals surface area contributed by atoms with Crippen molar-refractivity contribution in [3.63, 3.8) is 0 Å². The van der Waals surface area contributed by atoms with Crippen LogP contribution in [0.4, 0.5) is 0 Å². The molecule has 0 aromatic rings. The summed E-state index contributed by atoms with van der Waals surface area (Å²) in [7, 11) is -2.69. The van der Waals surface area contributed by atoms with Crippen LogP contribution in [0.5, 0.6) is 0 Å². The van der Waals surface area contributed by atoms with Gasteiger partial charge in [-0.05, 0) is 25.2 Å². The van der Waals surface area contributed by atoms with Crippen molar-refractivity contribution in [2.75, 3.05) is 37.7 Å². The normalized spacial score (nSPS) is 18.0. The van der Waals surface area contributed by atoms with Gasteiger partial charge in [-0.3, -0.25) is 4.79 Å². The molecular weight excluding hydrogens is 356 g/mol. The second-order valence-electron chi connectivity index (χ2n) is 7.48. The van der Waals surface area contributed by atoms with Crippen LogP contribution in [-0.4, -0.2) is 69.0 Å². The van der Waals surface area contributed by atoms with E-state index >= 15 is 0 Å². The topological polar surface area (TPSA) is 92.8 Å². The molecule has 1 aliphatic heterocycles. The number of nitrogens with zero attached hydrogens (tertiary/aromatic N) is 1. The van der Waals surface area contributed by atoms with Crippen LogP contribution in [0.2, 0.25) is 0 Å². The van der Waals surface area contributed by atoms with Crippen molar-refractivity contribution in [3.05, 3.63) is 0 Å². The number of esters is 1. The molecule has 1 amide bonds. The summed E-state index contributed by atoms with van der Waals surface area (Å²) in [6.07, 6.45) is 0.610. The average molecular weight is 393 g/mol. The van der Waals surface area contributed by atoms with Crippen LogP contribution in [0.25, 0.3) is 0 Å². The fourth-order valence-electron chi connectivity index (χ4n) is 2.62. The van der Waals surface area contributed by atoms with Crippen molar-refractivity contribution in [1.29, 1.82) is 0 Å². The average Bonchev–Trinajstić information content (AvgIpc) is 2.48. The second-order valence-corrected chi connectivity index (χ2v) is 9.78. The highest BCUT2D eigenvalue weighted by Crippen LogP contribution is 2.07. The van der Waals surface area contributed by atoms with E-state index in [4.69, 9.17) is 4.74 Å². The Morgan fingerprint density at radius 1 is 1.08 bits per heavy atom. The Morgan fingerprint density at radius 3 is 2.00 bits per heavy atom. The molecule has 1 heterocycles. The van der Waals surface area contributed by atoms with Gasteiger partial charge in [-0.1, -0.05) is 27.7 Å². The van der Waals surface area contributed by atoms with E-state index in [-0.39, 0.29) is 11.9 Å². The summed E-state index contributed by atoms with van der Waals surface area (Å²) in [6.45, 7) is 14.3. The zero-order chi connectivity index (χ0) is 20.3. The van der Waals surface area contributed by atoms with Crippen LogP contribution < -0.4 is 5.32 Å². The molecule has 0 aliphatic carbocycles. The van der Waals surface area contributed by atoms with Gasteiger partial charge in [0.2, 0.25) is 5.91 Å². The van der Waals surface area contributed by atoms with E-state index in [1.165, 1.54) is 6.92 Å². The molecule has 0 spiro atoms. The highest BCUT2D eigenvalue weighted by atomic mass is 32.2. The first-order valence-corrected chi connectivity index (χ1v) is 11.2. The number of sulfone groups is 1. The van der Waals surface area contributed by atoms with E-state index in [1.807, 2.05) is 13.8 Å². The highest BCUT2D eigenvalue weighted by molar-refractivity contribution is 7.91. The Hall–Kier alpha value is -1.15. The van der Waals surface area contributed by atoms with Crippen LogP contribution in [0, 0.1) is 11.8 Å². The van der Waals surface area contributed by atoms with Crippen molar-refractivity contribution < 1.29 is 22.7 Å². The molecule has 0 aromatic carbocycles. The van der Waals surface area contributed by atoms with E-state index in [9.17, 15) is 18.0 Å². The lowest BCUT2D eigenvalue weighted by Crippen LogP contribution is -2.41. The van der Waals surface area contributed by atoms with Gasteiger partial charge in [0.25, 0.3) is 0 Å². The Morgan fingerprint density at radius 2 is 1.62 bits per heavy atom. The Balaban J connectivity index is 0.000000485. The van der Waals surface area contributed by atoms with Gasteiger partial charge < -0.3 is 15.0 Å². The van der Waals surface area contributed by atoms with Crippen molar-refractivity contribution in [2.24, 2.45) is 11.8 Å². The first-order valence-electron chi connectivity index (χ1n) is 9.33. The fourth-order valence-corrected chi connectivity index (χ4v) is 3.90. The molecule has 1 atom stereocenters. The summed E-state index contributed by atoms with van der Waals surface area (Å²) in [5.41, 5.74) is 0. The van der Waals surface area contributed by atoms with Gasteiger partial charge in [-0.2, -0.15) is 0 Å². The molecule has 1 rings (SSSR count). The minimum absolute atomic E-state index is 0.205. The minimum atomic E-state index is -2.69. The third-order valence-electron chi connectivity index (χ3n) is 3.72. The maximum atomic E-state index is 11.4. The number of amides is 1. The van der Waals surface area contributed by atoms with Crippen LogP contribution in [0.15, 0.2) is 0 Å². The fraction of sp³-hybridized carbons (Fsp3) is 0.889. The number of rotatable bonds is 7. The van der Waals surface area contributed by atoms with E-state index in [2.05, 4.69) is 24.1 Å². The maximum Gasteiger partial charge on any atom is 0.328 e. The first kappa shape index (κ1) is 24.8. The molecule has 1 fully saturated rings. The monoisotopic (exact) mass is 392 g/mol. The summed E-state index contributed by atoms with van der Waals surface area (Å²) in [5.74, 6) is 1.11. The van der Waals surface area contributed by atoms with Crippen LogP contribution in [0.3, 0.4) is 0 Å². The predicted octanol–water partition coefficient (Wildman–Crippen LogP) is 1.47. The van der Waals surface area contributed by atoms with Crippen molar-refractivity contribution >= 4 is 21.7 Å². The van der Waals surface area contributed by atoms with Gasteiger partial charge in [-0.25, -0.2) is 13.2 Å².